The lowest BCUT2D eigenvalue weighted by Gasteiger charge is -2.25. The molecule has 6 nitrogen and oxygen atoms in total. The second-order valence-electron chi connectivity index (χ2n) is 8.42. The molecule has 1 unspecified atom stereocenters. The standard InChI is InChI=1S/C21H37N2O4P/c1-21(22,15-17-28(24,25)26)14-13-19-12-11-18(23(19)2)8-6-7-16-27-20-9-4-3-5-10-20/h6,8,11-12,20H,3-5,7,9-10,13-17,22H2,1-2H3,(H2,24,25,26)/b8-6+. The van der Waals surface area contributed by atoms with Crippen molar-refractivity contribution in [2.24, 2.45) is 12.8 Å². The minimum absolute atomic E-state index is 0.163. The number of nitrogens with two attached hydrogens (primary N) is 1. The van der Waals surface area contributed by atoms with Crippen LogP contribution in [0.25, 0.3) is 6.08 Å². The first-order valence-corrected chi connectivity index (χ1v) is 12.2. The Labute approximate surface area is 169 Å². The molecule has 1 heterocycles. The molecular formula is C21H37N2O4P. The summed E-state index contributed by atoms with van der Waals surface area (Å²) in [4.78, 5) is 18.1. The molecule has 1 aliphatic carbocycles. The minimum Gasteiger partial charge on any atom is -0.378 e. The Bertz CT molecular complexity index is 672. The van der Waals surface area contributed by atoms with E-state index in [9.17, 15) is 4.57 Å². The van der Waals surface area contributed by atoms with Gasteiger partial charge in [0.25, 0.3) is 0 Å². The van der Waals surface area contributed by atoms with Crippen LogP contribution in [0.15, 0.2) is 18.2 Å². The number of ether oxygens (including phenoxy) is 1. The van der Waals surface area contributed by atoms with Gasteiger partial charge < -0.3 is 24.8 Å². The smallest absolute Gasteiger partial charge is 0.325 e. The lowest BCUT2D eigenvalue weighted by atomic mass is 9.93. The molecule has 1 aliphatic rings. The average Bonchev–Trinajstić information content (AvgIpc) is 2.99. The summed E-state index contributed by atoms with van der Waals surface area (Å²) >= 11 is 0. The summed E-state index contributed by atoms with van der Waals surface area (Å²) in [5, 5.41) is 0. The number of aromatic nitrogens is 1. The van der Waals surface area contributed by atoms with Crippen molar-refractivity contribution in [2.45, 2.75) is 76.4 Å². The van der Waals surface area contributed by atoms with Crippen LogP contribution in [0.1, 0.15) is 69.7 Å². The first-order valence-electron chi connectivity index (χ1n) is 10.4. The van der Waals surface area contributed by atoms with Gasteiger partial charge in [-0.1, -0.05) is 25.3 Å². The van der Waals surface area contributed by atoms with E-state index in [1.807, 2.05) is 14.0 Å². The van der Waals surface area contributed by atoms with E-state index < -0.39 is 13.1 Å². The molecule has 0 amide bonds. The van der Waals surface area contributed by atoms with Crippen molar-refractivity contribution < 1.29 is 19.1 Å². The van der Waals surface area contributed by atoms with Crippen molar-refractivity contribution >= 4 is 13.7 Å². The van der Waals surface area contributed by atoms with Gasteiger partial charge in [-0.2, -0.15) is 0 Å². The Morgan fingerprint density at radius 1 is 1.29 bits per heavy atom. The van der Waals surface area contributed by atoms with Crippen molar-refractivity contribution in [1.29, 1.82) is 0 Å². The van der Waals surface area contributed by atoms with Gasteiger partial charge in [-0.25, -0.2) is 0 Å². The monoisotopic (exact) mass is 412 g/mol. The molecule has 0 aromatic carbocycles. The maximum Gasteiger partial charge on any atom is 0.325 e. The molecule has 4 N–H and O–H groups in total. The second kappa shape index (κ2) is 10.7. The minimum atomic E-state index is -4.00. The molecule has 1 atom stereocenters. The van der Waals surface area contributed by atoms with Crippen LogP contribution < -0.4 is 5.73 Å². The molecular weight excluding hydrogens is 375 g/mol. The van der Waals surface area contributed by atoms with Gasteiger partial charge in [-0.3, -0.25) is 4.57 Å². The topological polar surface area (TPSA) is 97.7 Å². The van der Waals surface area contributed by atoms with Crippen LogP contribution in [-0.4, -0.2) is 38.8 Å². The van der Waals surface area contributed by atoms with Crippen LogP contribution in [0.2, 0.25) is 0 Å². The molecule has 0 aliphatic heterocycles. The van der Waals surface area contributed by atoms with Gasteiger partial charge in [0.15, 0.2) is 0 Å². The molecule has 7 heteroatoms. The second-order valence-corrected chi connectivity index (χ2v) is 10.2. The van der Waals surface area contributed by atoms with Gasteiger partial charge in [0.05, 0.1) is 18.9 Å². The van der Waals surface area contributed by atoms with E-state index in [1.54, 1.807) is 0 Å². The van der Waals surface area contributed by atoms with Crippen molar-refractivity contribution in [2.75, 3.05) is 12.8 Å². The Kier molecular flexibility index (Phi) is 8.97. The van der Waals surface area contributed by atoms with Crippen molar-refractivity contribution in [3.63, 3.8) is 0 Å². The maximum atomic E-state index is 11.1. The molecule has 1 aromatic heterocycles. The number of rotatable bonds is 11. The first-order chi connectivity index (χ1) is 13.2. The molecule has 28 heavy (non-hydrogen) atoms. The highest BCUT2D eigenvalue weighted by Crippen LogP contribution is 2.37. The van der Waals surface area contributed by atoms with E-state index in [-0.39, 0.29) is 6.16 Å². The van der Waals surface area contributed by atoms with Gasteiger partial charge >= 0.3 is 7.60 Å². The summed E-state index contributed by atoms with van der Waals surface area (Å²) in [6.45, 7) is 2.64. The third kappa shape index (κ3) is 8.62. The van der Waals surface area contributed by atoms with Crippen molar-refractivity contribution in [1.82, 2.24) is 4.57 Å². The fourth-order valence-electron chi connectivity index (χ4n) is 3.67. The first kappa shape index (κ1) is 23.4. The number of aryl methyl sites for hydroxylation is 1. The van der Waals surface area contributed by atoms with Crippen LogP contribution in [-0.2, 0) is 22.8 Å². The maximum absolute atomic E-state index is 11.1. The SMILES string of the molecule is Cn1c(/C=C/CCOC2CCCCC2)ccc1CCC(C)(N)CCP(=O)(O)O. The Morgan fingerprint density at radius 2 is 2.00 bits per heavy atom. The summed E-state index contributed by atoms with van der Waals surface area (Å²) in [5.74, 6) is 0. The molecule has 1 aromatic rings. The quantitative estimate of drug-likeness (QED) is 0.377. The number of hydrogen-bond acceptors (Lipinski definition) is 3. The predicted octanol–water partition coefficient (Wildman–Crippen LogP) is 4.00. The van der Waals surface area contributed by atoms with E-state index in [4.69, 9.17) is 20.3 Å². The van der Waals surface area contributed by atoms with E-state index in [0.717, 1.165) is 25.1 Å². The molecule has 0 spiro atoms. The average molecular weight is 413 g/mol. The Balaban J connectivity index is 1.75. The summed E-state index contributed by atoms with van der Waals surface area (Å²) in [6.07, 6.45) is 13.6. The Morgan fingerprint density at radius 3 is 2.68 bits per heavy atom. The molecule has 1 saturated carbocycles. The highest BCUT2D eigenvalue weighted by Gasteiger charge is 2.24. The largest absolute Gasteiger partial charge is 0.378 e. The lowest BCUT2D eigenvalue weighted by molar-refractivity contribution is 0.0313. The highest BCUT2D eigenvalue weighted by molar-refractivity contribution is 7.51. The molecule has 1 fully saturated rings. The van der Waals surface area contributed by atoms with Gasteiger partial charge in [0, 0.05) is 24.0 Å². The van der Waals surface area contributed by atoms with Gasteiger partial charge in [0.1, 0.15) is 0 Å². The third-order valence-corrected chi connectivity index (χ3v) is 6.48. The molecule has 0 saturated heterocycles. The highest BCUT2D eigenvalue weighted by atomic mass is 31.2. The summed E-state index contributed by atoms with van der Waals surface area (Å²) in [5.41, 5.74) is 7.95. The Hall–Kier alpha value is -0.910. The zero-order chi connectivity index (χ0) is 20.6. The third-order valence-electron chi connectivity index (χ3n) is 5.67. The summed E-state index contributed by atoms with van der Waals surface area (Å²) < 4.78 is 19.2. The lowest BCUT2D eigenvalue weighted by Crippen LogP contribution is -2.37. The van der Waals surface area contributed by atoms with E-state index in [1.165, 1.54) is 37.8 Å². The molecule has 2 rings (SSSR count). The fraction of sp³-hybridized carbons (Fsp3) is 0.714. The van der Waals surface area contributed by atoms with Crippen LogP contribution in [0.3, 0.4) is 0 Å². The van der Waals surface area contributed by atoms with E-state index >= 15 is 0 Å². The zero-order valence-electron chi connectivity index (χ0n) is 17.3. The molecule has 160 valence electrons. The normalized spacial score (nSPS) is 18.6. The van der Waals surface area contributed by atoms with Gasteiger partial charge in [-0.05, 0) is 63.7 Å². The van der Waals surface area contributed by atoms with E-state index in [2.05, 4.69) is 28.9 Å². The summed E-state index contributed by atoms with van der Waals surface area (Å²) in [7, 11) is -1.96. The van der Waals surface area contributed by atoms with E-state index in [0.29, 0.717) is 18.9 Å². The number of hydrogen-bond donors (Lipinski definition) is 3. The summed E-state index contributed by atoms with van der Waals surface area (Å²) in [6, 6.07) is 4.19. The molecule has 0 bridgehead atoms. The zero-order valence-corrected chi connectivity index (χ0v) is 18.2. The molecule has 0 radical (unpaired) electrons. The van der Waals surface area contributed by atoms with Gasteiger partial charge in [0.2, 0.25) is 0 Å². The van der Waals surface area contributed by atoms with Gasteiger partial charge in [-0.15, -0.1) is 0 Å². The predicted molar refractivity (Wildman–Crippen MR) is 114 cm³/mol. The van der Waals surface area contributed by atoms with Crippen molar-refractivity contribution in [3.05, 3.63) is 29.6 Å². The number of nitrogens with zero attached hydrogens (tertiary/aromatic N) is 1. The van der Waals surface area contributed by atoms with Crippen LogP contribution >= 0.6 is 7.60 Å². The van der Waals surface area contributed by atoms with Crippen LogP contribution in [0.4, 0.5) is 0 Å². The van der Waals surface area contributed by atoms with Crippen LogP contribution in [0, 0.1) is 0 Å². The van der Waals surface area contributed by atoms with Crippen LogP contribution in [0.5, 0.6) is 0 Å². The van der Waals surface area contributed by atoms with Crippen molar-refractivity contribution in [3.8, 4) is 0 Å². The fourth-order valence-corrected chi connectivity index (χ4v) is 4.47.